The average molecular weight is 603 g/mol. The van der Waals surface area contributed by atoms with E-state index in [9.17, 15) is 23.1 Å². The normalized spacial score (nSPS) is 18.1. The second-order valence-corrected chi connectivity index (χ2v) is 13.1. The summed E-state index contributed by atoms with van der Waals surface area (Å²) in [6.45, 7) is 3.63. The van der Waals surface area contributed by atoms with E-state index in [0.717, 1.165) is 11.3 Å². The lowest BCUT2D eigenvalue weighted by Crippen LogP contribution is -2.50. The van der Waals surface area contributed by atoms with Crippen LogP contribution in [0.5, 0.6) is 11.5 Å². The molecule has 1 aliphatic heterocycles. The number of fused-ring (bicyclic) bond motifs is 1. The fraction of sp³-hybridized carbons (Fsp3) is 0.357. The van der Waals surface area contributed by atoms with Crippen molar-refractivity contribution in [3.63, 3.8) is 0 Å². The number of hydrogen-bond donors (Lipinski definition) is 3. The van der Waals surface area contributed by atoms with E-state index in [1.165, 1.54) is 17.4 Å². The molecule has 0 aliphatic carbocycles. The number of carbonyl (C=O) groups is 2. The summed E-state index contributed by atoms with van der Waals surface area (Å²) < 4.78 is 39.1. The van der Waals surface area contributed by atoms with E-state index in [1.807, 2.05) is 6.92 Å². The maximum atomic E-state index is 13.7. The maximum Gasteiger partial charge on any atom is 0.323 e. The van der Waals surface area contributed by atoms with Gasteiger partial charge in [0.25, 0.3) is 15.9 Å². The standard InChI is InChI=1S/C28H34N4O7S2/c1-18-15-32(19(2)17-33)27(34)23-14-21(30-28(35)29-20-7-10-22(38-4)11-8-20)9-12-24(23)39-25(18)16-31(3)41(36,37)26-6-5-13-40-26/h5-14,18-19,25,33H,15-17H2,1-4H3,(H2,29,30,35)/t18-,19-,25+/m1/s1. The minimum absolute atomic E-state index is 0.0423. The quantitative estimate of drug-likeness (QED) is 0.337. The summed E-state index contributed by atoms with van der Waals surface area (Å²) >= 11 is 1.14. The van der Waals surface area contributed by atoms with Gasteiger partial charge in [0.15, 0.2) is 0 Å². The van der Waals surface area contributed by atoms with Crippen LogP contribution < -0.4 is 20.1 Å². The number of carbonyl (C=O) groups excluding carboxylic acids is 2. The van der Waals surface area contributed by atoms with E-state index in [0.29, 0.717) is 17.1 Å². The Morgan fingerprint density at radius 1 is 1.20 bits per heavy atom. The van der Waals surface area contributed by atoms with Gasteiger partial charge in [0.2, 0.25) is 0 Å². The van der Waals surface area contributed by atoms with Crippen LogP contribution in [0, 0.1) is 5.92 Å². The maximum absolute atomic E-state index is 13.7. The number of thiophene rings is 1. The highest BCUT2D eigenvalue weighted by molar-refractivity contribution is 7.91. The van der Waals surface area contributed by atoms with E-state index < -0.39 is 28.2 Å². The van der Waals surface area contributed by atoms with Crippen molar-refractivity contribution in [1.82, 2.24) is 9.21 Å². The van der Waals surface area contributed by atoms with Crippen molar-refractivity contribution in [3.05, 3.63) is 65.5 Å². The lowest BCUT2D eigenvalue weighted by Gasteiger charge is -2.38. The van der Waals surface area contributed by atoms with Crippen LogP contribution in [0.1, 0.15) is 24.2 Å². The number of aliphatic hydroxyl groups excluding tert-OH is 1. The zero-order chi connectivity index (χ0) is 29.7. The summed E-state index contributed by atoms with van der Waals surface area (Å²) in [6.07, 6.45) is -0.604. The molecule has 3 amide bonds. The zero-order valence-electron chi connectivity index (χ0n) is 23.2. The van der Waals surface area contributed by atoms with Gasteiger partial charge in [-0.2, -0.15) is 4.31 Å². The van der Waals surface area contributed by atoms with Gasteiger partial charge in [-0.05, 0) is 60.8 Å². The number of nitrogens with zero attached hydrogens (tertiary/aromatic N) is 2. The molecule has 0 spiro atoms. The highest BCUT2D eigenvalue weighted by Gasteiger charge is 2.35. The molecule has 0 saturated heterocycles. The third-order valence-electron chi connectivity index (χ3n) is 6.87. The van der Waals surface area contributed by atoms with Crippen LogP contribution in [-0.2, 0) is 10.0 Å². The fourth-order valence-corrected chi connectivity index (χ4v) is 6.79. The molecule has 0 fully saturated rings. The Hall–Kier alpha value is -3.65. The van der Waals surface area contributed by atoms with Gasteiger partial charge in [-0.3, -0.25) is 4.79 Å². The molecule has 3 aromatic rings. The SMILES string of the molecule is COc1ccc(NC(=O)Nc2ccc3c(c2)C(=O)N([C@H](C)CO)C[C@@H](C)[C@H](CN(C)S(=O)(=O)c2cccs2)O3)cc1. The molecule has 1 aromatic heterocycles. The zero-order valence-corrected chi connectivity index (χ0v) is 24.9. The number of hydrogen-bond acceptors (Lipinski definition) is 8. The lowest BCUT2D eigenvalue weighted by molar-refractivity contribution is 0.0387. The molecular formula is C28H34N4O7S2. The lowest BCUT2D eigenvalue weighted by atomic mass is 9.99. The van der Waals surface area contributed by atoms with Gasteiger partial charge in [-0.15, -0.1) is 11.3 Å². The molecule has 3 N–H and O–H groups in total. The molecule has 0 saturated carbocycles. The fourth-order valence-electron chi connectivity index (χ4n) is 4.40. The molecule has 0 radical (unpaired) electrons. The smallest absolute Gasteiger partial charge is 0.323 e. The van der Waals surface area contributed by atoms with Crippen LogP contribution in [0.4, 0.5) is 16.2 Å². The molecule has 0 unspecified atom stereocenters. The third-order valence-corrected chi connectivity index (χ3v) is 10.1. The second-order valence-electron chi connectivity index (χ2n) is 9.86. The van der Waals surface area contributed by atoms with Crippen molar-refractivity contribution in [3.8, 4) is 11.5 Å². The number of rotatable bonds is 9. The molecule has 13 heteroatoms. The number of benzene rings is 2. The molecule has 1 aliphatic rings. The Labute approximate surface area is 243 Å². The van der Waals surface area contributed by atoms with E-state index in [1.54, 1.807) is 72.8 Å². The Balaban J connectivity index is 1.59. The van der Waals surface area contributed by atoms with Gasteiger partial charge in [0.1, 0.15) is 21.8 Å². The molecule has 2 heterocycles. The van der Waals surface area contributed by atoms with Gasteiger partial charge in [-0.1, -0.05) is 13.0 Å². The first-order valence-corrected chi connectivity index (χ1v) is 15.3. The Morgan fingerprint density at radius 3 is 2.51 bits per heavy atom. The Bertz CT molecular complexity index is 1460. The molecule has 3 atom stereocenters. The minimum Gasteiger partial charge on any atom is -0.497 e. The number of anilines is 2. The first kappa shape index (κ1) is 30.3. The largest absolute Gasteiger partial charge is 0.497 e. The second kappa shape index (κ2) is 12.9. The number of sulfonamides is 1. The van der Waals surface area contributed by atoms with Crippen molar-refractivity contribution < 1.29 is 32.6 Å². The van der Waals surface area contributed by atoms with Crippen molar-refractivity contribution in [2.45, 2.75) is 30.2 Å². The van der Waals surface area contributed by atoms with E-state index >= 15 is 0 Å². The van der Waals surface area contributed by atoms with Crippen molar-refractivity contribution >= 4 is 44.7 Å². The van der Waals surface area contributed by atoms with Crippen molar-refractivity contribution in [1.29, 1.82) is 0 Å². The number of ether oxygens (including phenoxy) is 2. The van der Waals surface area contributed by atoms with Crippen molar-refractivity contribution in [2.75, 3.05) is 44.5 Å². The van der Waals surface area contributed by atoms with Crippen molar-refractivity contribution in [2.24, 2.45) is 5.92 Å². The number of methoxy groups -OCH3 is 1. The third kappa shape index (κ3) is 6.99. The van der Waals surface area contributed by atoms with Crippen LogP contribution in [0.3, 0.4) is 0 Å². The highest BCUT2D eigenvalue weighted by atomic mass is 32.2. The summed E-state index contributed by atoms with van der Waals surface area (Å²) in [4.78, 5) is 27.9. The molecule has 2 aromatic carbocycles. The van der Waals surface area contributed by atoms with E-state index in [-0.39, 0.29) is 47.0 Å². The predicted octanol–water partition coefficient (Wildman–Crippen LogP) is 3.94. The minimum atomic E-state index is -3.72. The predicted molar refractivity (Wildman–Crippen MR) is 157 cm³/mol. The monoisotopic (exact) mass is 602 g/mol. The summed E-state index contributed by atoms with van der Waals surface area (Å²) in [6, 6.07) is 13.7. The molecule has 0 bridgehead atoms. The van der Waals surface area contributed by atoms with Crippen LogP contribution >= 0.6 is 11.3 Å². The van der Waals surface area contributed by atoms with Crippen LogP contribution in [0.2, 0.25) is 0 Å². The van der Waals surface area contributed by atoms with E-state index in [2.05, 4.69) is 10.6 Å². The first-order valence-electron chi connectivity index (χ1n) is 13.0. The number of amides is 3. The molecule has 4 rings (SSSR count). The molecule has 41 heavy (non-hydrogen) atoms. The summed E-state index contributed by atoms with van der Waals surface area (Å²) in [7, 11) is -0.671. The van der Waals surface area contributed by atoms with Gasteiger partial charge in [0.05, 0.1) is 31.9 Å². The van der Waals surface area contributed by atoms with Gasteiger partial charge in [0, 0.05) is 30.9 Å². The first-order chi connectivity index (χ1) is 19.5. The number of nitrogens with one attached hydrogen (secondary N) is 2. The van der Waals surface area contributed by atoms with Gasteiger partial charge < -0.3 is 30.1 Å². The van der Waals surface area contributed by atoms with Gasteiger partial charge in [-0.25, -0.2) is 13.2 Å². The van der Waals surface area contributed by atoms with Crippen LogP contribution in [-0.4, -0.2) is 80.7 Å². The van der Waals surface area contributed by atoms with Gasteiger partial charge >= 0.3 is 6.03 Å². The number of likely N-dealkylation sites (N-methyl/N-ethyl adjacent to an activating group) is 1. The molecular weight excluding hydrogens is 568 g/mol. The average Bonchev–Trinajstić information content (AvgIpc) is 3.51. The summed E-state index contributed by atoms with van der Waals surface area (Å²) in [5.74, 6) is 0.270. The molecule has 220 valence electrons. The number of urea groups is 1. The number of aliphatic hydroxyl groups is 1. The van der Waals surface area contributed by atoms with Crippen LogP contribution in [0.25, 0.3) is 0 Å². The highest BCUT2D eigenvalue weighted by Crippen LogP contribution is 2.31. The summed E-state index contributed by atoms with van der Waals surface area (Å²) in [5, 5.41) is 17.0. The Morgan fingerprint density at radius 2 is 1.88 bits per heavy atom. The Kier molecular flexibility index (Phi) is 9.53. The molecule has 11 nitrogen and oxygen atoms in total. The van der Waals surface area contributed by atoms with Crippen LogP contribution in [0.15, 0.2) is 64.2 Å². The topological polar surface area (TPSA) is 138 Å². The summed E-state index contributed by atoms with van der Waals surface area (Å²) in [5.41, 5.74) is 1.09. The van der Waals surface area contributed by atoms with E-state index in [4.69, 9.17) is 9.47 Å².